The largest absolute Gasteiger partial charge is 0.490 e. The normalized spacial score (nSPS) is 10.9. The molecule has 0 aliphatic heterocycles. The van der Waals surface area contributed by atoms with Gasteiger partial charge in [-0.2, -0.15) is 0 Å². The highest BCUT2D eigenvalue weighted by molar-refractivity contribution is 6.06. The number of rotatable bonds is 7. The van der Waals surface area contributed by atoms with E-state index in [9.17, 15) is 4.79 Å². The Balaban J connectivity index is 1.83. The maximum atomic E-state index is 13.9. The van der Waals surface area contributed by atoms with Crippen LogP contribution in [0.3, 0.4) is 0 Å². The minimum Gasteiger partial charge on any atom is -0.490 e. The van der Waals surface area contributed by atoms with Crippen LogP contribution in [-0.2, 0) is 13.0 Å². The number of hydrogen-bond donors (Lipinski definition) is 0. The molecule has 0 N–H and O–H groups in total. The maximum absolute atomic E-state index is 13.9. The van der Waals surface area contributed by atoms with E-state index in [1.807, 2.05) is 102 Å². The Bertz CT molecular complexity index is 1140. The third-order valence-corrected chi connectivity index (χ3v) is 5.02. The summed E-state index contributed by atoms with van der Waals surface area (Å²) < 4.78 is 7.60. The zero-order valence-electron chi connectivity index (χ0n) is 17.3. The Hall–Kier alpha value is -3.60. The van der Waals surface area contributed by atoms with Gasteiger partial charge in [-0.25, -0.2) is 4.98 Å². The van der Waals surface area contributed by atoms with Crippen molar-refractivity contribution in [2.45, 2.75) is 26.8 Å². The predicted octanol–water partition coefficient (Wildman–Crippen LogP) is 5.14. The highest BCUT2D eigenvalue weighted by atomic mass is 16.5. The number of ether oxygens (including phenoxy) is 1. The van der Waals surface area contributed by atoms with Gasteiger partial charge in [-0.1, -0.05) is 55.5 Å². The lowest BCUT2D eigenvalue weighted by Crippen LogP contribution is -2.32. The molecule has 2 aromatic carbocycles. The maximum Gasteiger partial charge on any atom is 0.277 e. The van der Waals surface area contributed by atoms with Crippen LogP contribution in [-0.4, -0.2) is 21.9 Å². The summed E-state index contributed by atoms with van der Waals surface area (Å²) in [6.07, 6.45) is 2.53. The van der Waals surface area contributed by atoms with Gasteiger partial charge < -0.3 is 9.64 Å². The fraction of sp³-hybridized carbons (Fsp3) is 0.200. The minimum absolute atomic E-state index is 0.0805. The van der Waals surface area contributed by atoms with E-state index in [1.165, 1.54) is 0 Å². The van der Waals surface area contributed by atoms with E-state index in [2.05, 4.69) is 0 Å². The summed E-state index contributed by atoms with van der Waals surface area (Å²) in [6.45, 7) is 4.98. The van der Waals surface area contributed by atoms with Crippen LogP contribution in [0, 0.1) is 0 Å². The van der Waals surface area contributed by atoms with E-state index < -0.39 is 0 Å². The molecule has 0 radical (unpaired) electrons. The van der Waals surface area contributed by atoms with Crippen LogP contribution >= 0.6 is 0 Å². The number of hydrogen-bond acceptors (Lipinski definition) is 3. The van der Waals surface area contributed by atoms with Crippen molar-refractivity contribution in [1.29, 1.82) is 0 Å². The van der Waals surface area contributed by atoms with E-state index in [0.29, 0.717) is 36.7 Å². The lowest BCUT2D eigenvalue weighted by atomic mass is 10.1. The molecule has 0 fully saturated rings. The fourth-order valence-electron chi connectivity index (χ4n) is 3.61. The van der Waals surface area contributed by atoms with Crippen LogP contribution in [0.5, 0.6) is 5.75 Å². The molecule has 0 spiro atoms. The molecule has 0 aliphatic carbocycles. The number of carbonyl (C=O) groups excluding carboxylic acids is 1. The molecule has 5 heteroatoms. The van der Waals surface area contributed by atoms with E-state index in [4.69, 9.17) is 9.72 Å². The minimum atomic E-state index is -0.0805. The first kappa shape index (κ1) is 19.7. The monoisotopic (exact) mass is 399 g/mol. The molecule has 4 aromatic rings. The smallest absolute Gasteiger partial charge is 0.277 e. The standard InChI is InChI=1S/C25H25N3O2/c1-3-21-23(27-17-11-16-22(30-4-2)24(27)26-21)25(29)28(20-14-9-6-10-15-20)18-19-12-7-5-8-13-19/h5-17H,3-4,18H2,1-2H3. The van der Waals surface area contributed by atoms with Crippen molar-refractivity contribution in [1.82, 2.24) is 9.38 Å². The molecular formula is C25H25N3O2. The molecule has 0 unspecified atom stereocenters. The number of aromatic nitrogens is 2. The SMILES string of the molecule is CCOc1cccn2c(C(=O)N(Cc3ccccc3)c3ccccc3)c(CC)nc12. The summed E-state index contributed by atoms with van der Waals surface area (Å²) >= 11 is 0. The average Bonchev–Trinajstić information content (AvgIpc) is 3.18. The van der Waals surface area contributed by atoms with Crippen LogP contribution in [0.2, 0.25) is 0 Å². The lowest BCUT2D eigenvalue weighted by molar-refractivity contribution is 0.0978. The summed E-state index contributed by atoms with van der Waals surface area (Å²) in [5.74, 6) is 0.603. The van der Waals surface area contributed by atoms with E-state index in [1.54, 1.807) is 0 Å². The predicted molar refractivity (Wildman–Crippen MR) is 119 cm³/mol. The van der Waals surface area contributed by atoms with Crippen molar-refractivity contribution in [3.8, 4) is 5.75 Å². The van der Waals surface area contributed by atoms with Crippen molar-refractivity contribution in [3.63, 3.8) is 0 Å². The molecule has 5 nitrogen and oxygen atoms in total. The van der Waals surface area contributed by atoms with E-state index >= 15 is 0 Å². The van der Waals surface area contributed by atoms with Gasteiger partial charge in [0, 0.05) is 11.9 Å². The average molecular weight is 399 g/mol. The number of anilines is 1. The summed E-state index contributed by atoms with van der Waals surface area (Å²) in [7, 11) is 0. The first-order valence-corrected chi connectivity index (χ1v) is 10.3. The number of carbonyl (C=O) groups is 1. The number of fused-ring (bicyclic) bond motifs is 1. The molecule has 1 amide bonds. The number of aryl methyl sites for hydroxylation is 1. The Morgan fingerprint density at radius 1 is 0.967 bits per heavy atom. The number of pyridine rings is 1. The van der Waals surface area contributed by atoms with Crippen LogP contribution in [0.4, 0.5) is 5.69 Å². The molecule has 0 saturated heterocycles. The topological polar surface area (TPSA) is 46.8 Å². The summed E-state index contributed by atoms with van der Waals surface area (Å²) in [4.78, 5) is 20.5. The Morgan fingerprint density at radius 2 is 1.67 bits per heavy atom. The van der Waals surface area contributed by atoms with Gasteiger partial charge in [0.25, 0.3) is 5.91 Å². The zero-order chi connectivity index (χ0) is 20.9. The molecule has 0 atom stereocenters. The molecule has 2 heterocycles. The van der Waals surface area contributed by atoms with E-state index in [0.717, 1.165) is 16.9 Å². The fourth-order valence-corrected chi connectivity index (χ4v) is 3.61. The van der Waals surface area contributed by atoms with Gasteiger partial charge >= 0.3 is 0 Å². The van der Waals surface area contributed by atoms with Crippen molar-refractivity contribution >= 4 is 17.2 Å². The molecule has 0 aliphatic rings. The molecule has 0 bridgehead atoms. The Kier molecular flexibility index (Phi) is 5.80. The van der Waals surface area contributed by atoms with Crippen molar-refractivity contribution in [2.75, 3.05) is 11.5 Å². The highest BCUT2D eigenvalue weighted by Gasteiger charge is 2.26. The highest BCUT2D eigenvalue weighted by Crippen LogP contribution is 2.26. The van der Waals surface area contributed by atoms with Gasteiger partial charge in [-0.15, -0.1) is 0 Å². The van der Waals surface area contributed by atoms with Gasteiger partial charge in [-0.3, -0.25) is 9.20 Å². The van der Waals surface area contributed by atoms with Crippen LogP contribution in [0.1, 0.15) is 35.6 Å². The van der Waals surface area contributed by atoms with Crippen molar-refractivity contribution < 1.29 is 9.53 Å². The van der Waals surface area contributed by atoms with Crippen LogP contribution in [0.15, 0.2) is 79.0 Å². The van der Waals surface area contributed by atoms with Gasteiger partial charge in [-0.05, 0) is 43.2 Å². The second kappa shape index (κ2) is 8.82. The van der Waals surface area contributed by atoms with Gasteiger partial charge in [0.15, 0.2) is 11.4 Å². The summed E-state index contributed by atoms with van der Waals surface area (Å²) in [6, 6.07) is 23.6. The summed E-state index contributed by atoms with van der Waals surface area (Å²) in [5.41, 5.74) is 3.93. The Morgan fingerprint density at radius 3 is 2.33 bits per heavy atom. The quantitative estimate of drug-likeness (QED) is 0.432. The van der Waals surface area contributed by atoms with E-state index in [-0.39, 0.29) is 5.91 Å². The molecule has 4 rings (SSSR count). The molecule has 30 heavy (non-hydrogen) atoms. The third-order valence-electron chi connectivity index (χ3n) is 5.02. The lowest BCUT2D eigenvalue weighted by Gasteiger charge is -2.23. The number of nitrogens with zero attached hydrogens (tertiary/aromatic N) is 3. The number of benzene rings is 2. The van der Waals surface area contributed by atoms with Gasteiger partial charge in [0.05, 0.1) is 18.8 Å². The van der Waals surface area contributed by atoms with Crippen molar-refractivity contribution in [3.05, 3.63) is 95.9 Å². The number of imidazole rings is 1. The third kappa shape index (κ3) is 3.79. The summed E-state index contributed by atoms with van der Waals surface area (Å²) in [5, 5.41) is 0. The van der Waals surface area contributed by atoms with Gasteiger partial charge in [0.2, 0.25) is 0 Å². The van der Waals surface area contributed by atoms with Crippen LogP contribution < -0.4 is 9.64 Å². The first-order valence-electron chi connectivity index (χ1n) is 10.3. The second-order valence-electron chi connectivity index (χ2n) is 6.97. The zero-order valence-corrected chi connectivity index (χ0v) is 17.3. The molecule has 152 valence electrons. The first-order chi connectivity index (χ1) is 14.7. The molecule has 0 saturated carbocycles. The second-order valence-corrected chi connectivity index (χ2v) is 6.97. The number of amides is 1. The molecule has 2 aromatic heterocycles. The van der Waals surface area contributed by atoms with Crippen molar-refractivity contribution in [2.24, 2.45) is 0 Å². The van der Waals surface area contributed by atoms with Crippen LogP contribution in [0.25, 0.3) is 5.65 Å². The Labute approximate surface area is 176 Å². The molecular weight excluding hydrogens is 374 g/mol. The number of para-hydroxylation sites is 1. The van der Waals surface area contributed by atoms with Gasteiger partial charge in [0.1, 0.15) is 5.69 Å².